The molecule has 2 aromatic rings. The topological polar surface area (TPSA) is 66.8 Å². The number of carboxylic acid groups (broad SMARTS) is 1. The maximum Gasteiger partial charge on any atom is 0.323 e. The summed E-state index contributed by atoms with van der Waals surface area (Å²) in [7, 11) is 0. The second kappa shape index (κ2) is 9.73. The van der Waals surface area contributed by atoms with Crippen LogP contribution in [0.5, 0.6) is 0 Å². The molecule has 0 unspecified atom stereocenters. The number of aliphatic carboxylic acids is 1. The van der Waals surface area contributed by atoms with Gasteiger partial charge in [0.2, 0.25) is 0 Å². The van der Waals surface area contributed by atoms with Crippen molar-refractivity contribution in [3.05, 3.63) is 71.8 Å². The Kier molecular flexibility index (Phi) is 7.36. The fourth-order valence-corrected chi connectivity index (χ4v) is 2.86. The van der Waals surface area contributed by atoms with Gasteiger partial charge in [0.25, 0.3) is 0 Å². The summed E-state index contributed by atoms with van der Waals surface area (Å²) in [5.41, 5.74) is 1.91. The lowest BCUT2D eigenvalue weighted by Gasteiger charge is -2.33. The summed E-state index contributed by atoms with van der Waals surface area (Å²) in [5.74, 6) is -1.37. The summed E-state index contributed by atoms with van der Waals surface area (Å²) in [6.45, 7) is 3.96. The molecule has 5 heteroatoms. The minimum absolute atomic E-state index is 0.255. The van der Waals surface area contributed by atoms with E-state index >= 15 is 0 Å². The van der Waals surface area contributed by atoms with E-state index in [1.807, 2.05) is 60.7 Å². The molecule has 0 aliphatic heterocycles. The maximum absolute atomic E-state index is 12.6. The highest BCUT2D eigenvalue weighted by molar-refractivity contribution is 5.79. The van der Waals surface area contributed by atoms with Gasteiger partial charge in [-0.05, 0) is 31.4 Å². The normalized spacial score (nSPS) is 13.2. The van der Waals surface area contributed by atoms with Crippen molar-refractivity contribution in [3.63, 3.8) is 0 Å². The van der Waals surface area contributed by atoms with E-state index in [1.54, 1.807) is 18.7 Å². The molecule has 0 saturated carbocycles. The number of carbonyl (C=O) groups excluding carboxylic acids is 1. The van der Waals surface area contributed by atoms with Gasteiger partial charge >= 0.3 is 11.9 Å². The van der Waals surface area contributed by atoms with Crippen LogP contribution in [-0.2, 0) is 27.3 Å². The average molecular weight is 355 g/mol. The number of hydrogen-bond donors (Lipinski definition) is 1. The zero-order valence-electron chi connectivity index (χ0n) is 15.2. The molecule has 0 fully saturated rings. The number of nitrogens with zero attached hydrogens (tertiary/aromatic N) is 1. The Balaban J connectivity index is 2.35. The van der Waals surface area contributed by atoms with Crippen molar-refractivity contribution >= 4 is 11.9 Å². The molecule has 0 saturated heterocycles. The van der Waals surface area contributed by atoms with Crippen LogP contribution >= 0.6 is 0 Å². The minimum Gasteiger partial charge on any atom is -0.480 e. The third-order valence-electron chi connectivity index (χ3n) is 4.29. The lowest BCUT2D eigenvalue weighted by molar-refractivity contribution is -0.154. The van der Waals surface area contributed by atoms with Crippen LogP contribution in [-0.4, -0.2) is 40.6 Å². The Bertz CT molecular complexity index is 702. The molecule has 0 amide bonds. The fraction of sp³-hybridized carbons (Fsp3) is 0.333. The Hall–Kier alpha value is -2.66. The predicted octanol–water partition coefficient (Wildman–Crippen LogP) is 3.14. The van der Waals surface area contributed by atoms with Gasteiger partial charge < -0.3 is 9.84 Å². The lowest BCUT2D eigenvalue weighted by Crippen LogP contribution is -2.50. The zero-order chi connectivity index (χ0) is 18.9. The Morgan fingerprint density at radius 1 is 1.00 bits per heavy atom. The number of ether oxygens (including phenoxy) is 1. The average Bonchev–Trinajstić information content (AvgIpc) is 2.65. The van der Waals surface area contributed by atoms with Crippen LogP contribution in [0.3, 0.4) is 0 Å². The third-order valence-corrected chi connectivity index (χ3v) is 4.29. The van der Waals surface area contributed by atoms with Gasteiger partial charge in [-0.1, -0.05) is 60.7 Å². The lowest BCUT2D eigenvalue weighted by atomic mass is 10.0. The SMILES string of the molecule is CCOC(=O)[C@H](Cc1ccccc1)N(Cc1ccccc1)[C@@H](C)C(=O)O. The van der Waals surface area contributed by atoms with Gasteiger partial charge in [0, 0.05) is 6.54 Å². The molecule has 0 aliphatic rings. The molecule has 2 rings (SSSR count). The molecule has 0 heterocycles. The van der Waals surface area contributed by atoms with Gasteiger partial charge in [-0.3, -0.25) is 14.5 Å². The maximum atomic E-state index is 12.6. The number of carbonyl (C=O) groups is 2. The molecule has 0 radical (unpaired) electrons. The highest BCUT2D eigenvalue weighted by atomic mass is 16.5. The second-order valence-electron chi connectivity index (χ2n) is 6.13. The van der Waals surface area contributed by atoms with Gasteiger partial charge in [0.05, 0.1) is 6.61 Å². The summed E-state index contributed by atoms with van der Waals surface area (Å²) in [5, 5.41) is 9.56. The monoisotopic (exact) mass is 355 g/mol. The van der Waals surface area contributed by atoms with E-state index in [9.17, 15) is 14.7 Å². The Morgan fingerprint density at radius 2 is 1.54 bits per heavy atom. The van der Waals surface area contributed by atoms with Crippen molar-refractivity contribution in [2.45, 2.75) is 38.9 Å². The fourth-order valence-electron chi connectivity index (χ4n) is 2.86. The number of carboxylic acids is 1. The minimum atomic E-state index is -0.969. The van der Waals surface area contributed by atoms with Crippen LogP contribution in [0.1, 0.15) is 25.0 Å². The number of benzene rings is 2. The molecule has 2 aromatic carbocycles. The highest BCUT2D eigenvalue weighted by Gasteiger charge is 2.34. The molecule has 26 heavy (non-hydrogen) atoms. The van der Waals surface area contributed by atoms with Crippen molar-refractivity contribution in [3.8, 4) is 0 Å². The molecule has 0 bridgehead atoms. The Morgan fingerprint density at radius 3 is 2.04 bits per heavy atom. The van der Waals surface area contributed by atoms with Crippen LogP contribution in [0, 0.1) is 0 Å². The van der Waals surface area contributed by atoms with E-state index < -0.39 is 24.0 Å². The first kappa shape index (κ1) is 19.7. The van der Waals surface area contributed by atoms with E-state index in [-0.39, 0.29) is 6.61 Å². The molecule has 0 spiro atoms. The van der Waals surface area contributed by atoms with Crippen LogP contribution < -0.4 is 0 Å². The van der Waals surface area contributed by atoms with Crippen LogP contribution in [0.4, 0.5) is 0 Å². The van der Waals surface area contributed by atoms with Gasteiger partial charge in [0.15, 0.2) is 0 Å². The standard InChI is InChI=1S/C21H25NO4/c1-3-26-21(25)19(14-17-10-6-4-7-11-17)22(16(2)20(23)24)15-18-12-8-5-9-13-18/h4-13,16,19H,3,14-15H2,1-2H3,(H,23,24)/t16-,19-/m0/s1. The summed E-state index contributed by atoms with van der Waals surface area (Å²) in [6, 6.07) is 17.6. The van der Waals surface area contributed by atoms with Gasteiger partial charge in [-0.2, -0.15) is 0 Å². The van der Waals surface area contributed by atoms with E-state index in [4.69, 9.17) is 4.74 Å². The van der Waals surface area contributed by atoms with Crippen molar-refractivity contribution in [1.82, 2.24) is 4.90 Å². The number of esters is 1. The van der Waals surface area contributed by atoms with Crippen LogP contribution in [0.2, 0.25) is 0 Å². The third kappa shape index (κ3) is 5.43. The Labute approximate surface area is 154 Å². The quantitative estimate of drug-likeness (QED) is 0.700. The first-order valence-electron chi connectivity index (χ1n) is 8.76. The summed E-state index contributed by atoms with van der Waals surface area (Å²) >= 11 is 0. The van der Waals surface area contributed by atoms with E-state index in [0.717, 1.165) is 11.1 Å². The summed E-state index contributed by atoms with van der Waals surface area (Å²) in [6.07, 6.45) is 0.393. The number of hydrogen-bond acceptors (Lipinski definition) is 4. The largest absolute Gasteiger partial charge is 0.480 e. The van der Waals surface area contributed by atoms with Gasteiger partial charge in [-0.25, -0.2) is 0 Å². The molecule has 5 nitrogen and oxygen atoms in total. The molecule has 2 atom stereocenters. The zero-order valence-corrected chi connectivity index (χ0v) is 15.2. The van der Waals surface area contributed by atoms with Gasteiger partial charge in [0.1, 0.15) is 12.1 Å². The van der Waals surface area contributed by atoms with Crippen molar-refractivity contribution < 1.29 is 19.4 Å². The van der Waals surface area contributed by atoms with Crippen molar-refractivity contribution in [1.29, 1.82) is 0 Å². The molecule has 0 aromatic heterocycles. The van der Waals surface area contributed by atoms with Crippen LogP contribution in [0.15, 0.2) is 60.7 Å². The summed E-state index contributed by atoms with van der Waals surface area (Å²) < 4.78 is 5.25. The molecular formula is C21H25NO4. The first-order chi connectivity index (χ1) is 12.5. The smallest absolute Gasteiger partial charge is 0.323 e. The van der Waals surface area contributed by atoms with E-state index in [0.29, 0.717) is 13.0 Å². The molecular weight excluding hydrogens is 330 g/mol. The van der Waals surface area contributed by atoms with Gasteiger partial charge in [-0.15, -0.1) is 0 Å². The number of rotatable bonds is 9. The molecule has 0 aliphatic carbocycles. The van der Waals surface area contributed by atoms with E-state index in [2.05, 4.69) is 0 Å². The molecule has 1 N–H and O–H groups in total. The highest BCUT2D eigenvalue weighted by Crippen LogP contribution is 2.18. The van der Waals surface area contributed by atoms with E-state index in [1.165, 1.54) is 0 Å². The van der Waals surface area contributed by atoms with Crippen molar-refractivity contribution in [2.24, 2.45) is 0 Å². The van der Waals surface area contributed by atoms with Crippen LogP contribution in [0.25, 0.3) is 0 Å². The second-order valence-corrected chi connectivity index (χ2v) is 6.13. The summed E-state index contributed by atoms with van der Waals surface area (Å²) in [4.78, 5) is 26.0. The first-order valence-corrected chi connectivity index (χ1v) is 8.76. The predicted molar refractivity (Wildman–Crippen MR) is 99.6 cm³/mol. The molecule has 138 valence electrons. The van der Waals surface area contributed by atoms with Crippen molar-refractivity contribution in [2.75, 3.05) is 6.61 Å².